The summed E-state index contributed by atoms with van der Waals surface area (Å²) in [5.74, 6) is 0.662. The lowest BCUT2D eigenvalue weighted by atomic mass is 9.92. The van der Waals surface area contributed by atoms with Crippen LogP contribution in [0.15, 0.2) is 22.7 Å². The van der Waals surface area contributed by atoms with Crippen molar-refractivity contribution in [3.8, 4) is 0 Å². The highest BCUT2D eigenvalue weighted by molar-refractivity contribution is 9.10. The molecule has 1 saturated heterocycles. The monoisotopic (exact) mass is 310 g/mol. The largest absolute Gasteiger partial charge is 0.328 e. The van der Waals surface area contributed by atoms with E-state index < -0.39 is 0 Å². The summed E-state index contributed by atoms with van der Waals surface area (Å²) >= 11 is 3.55. The van der Waals surface area contributed by atoms with Gasteiger partial charge in [0.1, 0.15) is 0 Å². The number of nitrogens with two attached hydrogens (primary N) is 1. The summed E-state index contributed by atoms with van der Waals surface area (Å²) in [6.07, 6.45) is 2.56. The summed E-state index contributed by atoms with van der Waals surface area (Å²) in [7, 11) is 0. The standard InChI is InChI=1S/C15H23BrN2/c1-11-8-13(5-6-15(11)16)9-18-7-3-4-14(10-18)12(2)17/h5-6,8,12,14H,3-4,7,9-10,17H2,1-2H3. The number of likely N-dealkylation sites (tertiary alicyclic amines) is 1. The van der Waals surface area contributed by atoms with Crippen molar-refractivity contribution >= 4 is 15.9 Å². The van der Waals surface area contributed by atoms with Gasteiger partial charge in [0.05, 0.1) is 0 Å². The molecule has 100 valence electrons. The van der Waals surface area contributed by atoms with E-state index in [-0.39, 0.29) is 0 Å². The van der Waals surface area contributed by atoms with Crippen molar-refractivity contribution in [3.63, 3.8) is 0 Å². The van der Waals surface area contributed by atoms with Gasteiger partial charge in [-0.3, -0.25) is 4.90 Å². The number of hydrogen-bond acceptors (Lipinski definition) is 2. The Morgan fingerprint density at radius 1 is 1.50 bits per heavy atom. The maximum atomic E-state index is 6.03. The number of piperidine rings is 1. The second-order valence-electron chi connectivity index (χ2n) is 5.58. The third-order valence-electron chi connectivity index (χ3n) is 3.91. The van der Waals surface area contributed by atoms with Crippen LogP contribution in [0.3, 0.4) is 0 Å². The Bertz CT molecular complexity index is 403. The molecular formula is C15H23BrN2. The van der Waals surface area contributed by atoms with Crippen LogP contribution in [0.5, 0.6) is 0 Å². The number of aryl methyl sites for hydroxylation is 1. The lowest BCUT2D eigenvalue weighted by molar-refractivity contribution is 0.154. The predicted molar refractivity (Wildman–Crippen MR) is 80.5 cm³/mol. The Kier molecular flexibility index (Phi) is 4.82. The quantitative estimate of drug-likeness (QED) is 0.928. The first-order valence-electron chi connectivity index (χ1n) is 6.79. The molecule has 2 unspecified atom stereocenters. The molecule has 0 amide bonds. The van der Waals surface area contributed by atoms with Crippen molar-refractivity contribution in [3.05, 3.63) is 33.8 Å². The molecule has 0 bridgehead atoms. The lowest BCUT2D eigenvalue weighted by Gasteiger charge is -2.34. The van der Waals surface area contributed by atoms with Crippen molar-refractivity contribution in [1.82, 2.24) is 4.90 Å². The van der Waals surface area contributed by atoms with Crippen LogP contribution in [0.1, 0.15) is 30.9 Å². The van der Waals surface area contributed by atoms with Crippen LogP contribution < -0.4 is 5.73 Å². The van der Waals surface area contributed by atoms with Gasteiger partial charge >= 0.3 is 0 Å². The molecule has 2 atom stereocenters. The zero-order chi connectivity index (χ0) is 13.1. The van der Waals surface area contributed by atoms with Crippen LogP contribution in [0.4, 0.5) is 0 Å². The SMILES string of the molecule is Cc1cc(CN2CCCC(C(C)N)C2)ccc1Br. The molecule has 2 nitrogen and oxygen atoms in total. The van der Waals surface area contributed by atoms with Gasteiger partial charge in [0.15, 0.2) is 0 Å². The summed E-state index contributed by atoms with van der Waals surface area (Å²) in [5.41, 5.74) is 8.75. The first kappa shape index (κ1) is 14.0. The Morgan fingerprint density at radius 2 is 2.28 bits per heavy atom. The lowest BCUT2D eigenvalue weighted by Crippen LogP contribution is -2.41. The van der Waals surface area contributed by atoms with Crippen LogP contribution in [-0.2, 0) is 6.54 Å². The molecule has 1 heterocycles. The fourth-order valence-electron chi connectivity index (χ4n) is 2.73. The van der Waals surface area contributed by atoms with E-state index in [1.54, 1.807) is 0 Å². The first-order valence-corrected chi connectivity index (χ1v) is 7.58. The molecule has 1 aliphatic heterocycles. The van der Waals surface area contributed by atoms with E-state index in [9.17, 15) is 0 Å². The molecule has 1 aromatic rings. The number of hydrogen-bond donors (Lipinski definition) is 1. The minimum atomic E-state index is 0.319. The minimum absolute atomic E-state index is 0.319. The van der Waals surface area contributed by atoms with Gasteiger partial charge in [-0.15, -0.1) is 0 Å². The highest BCUT2D eigenvalue weighted by Crippen LogP contribution is 2.22. The average molecular weight is 311 g/mol. The molecule has 0 radical (unpaired) electrons. The van der Waals surface area contributed by atoms with Crippen molar-refractivity contribution in [2.24, 2.45) is 11.7 Å². The Labute approximate surface area is 119 Å². The van der Waals surface area contributed by atoms with Gasteiger partial charge in [-0.25, -0.2) is 0 Å². The fourth-order valence-corrected chi connectivity index (χ4v) is 2.97. The number of nitrogens with zero attached hydrogens (tertiary/aromatic N) is 1. The first-order chi connectivity index (χ1) is 8.56. The average Bonchev–Trinajstić information content (AvgIpc) is 2.34. The molecule has 1 aromatic carbocycles. The van der Waals surface area contributed by atoms with E-state index in [1.807, 2.05) is 0 Å². The van der Waals surface area contributed by atoms with Crippen molar-refractivity contribution in [2.45, 2.75) is 39.3 Å². The summed E-state index contributed by atoms with van der Waals surface area (Å²) < 4.78 is 1.19. The van der Waals surface area contributed by atoms with E-state index in [0.29, 0.717) is 12.0 Å². The molecule has 0 aromatic heterocycles. The van der Waals surface area contributed by atoms with E-state index in [2.05, 4.69) is 52.9 Å². The normalized spacial score (nSPS) is 23.0. The van der Waals surface area contributed by atoms with Crippen molar-refractivity contribution in [2.75, 3.05) is 13.1 Å². The summed E-state index contributed by atoms with van der Waals surface area (Å²) in [4.78, 5) is 2.54. The maximum absolute atomic E-state index is 6.03. The van der Waals surface area contributed by atoms with Crippen LogP contribution >= 0.6 is 15.9 Å². The molecule has 18 heavy (non-hydrogen) atoms. The molecule has 0 aliphatic carbocycles. The Hall–Kier alpha value is -0.380. The van der Waals surface area contributed by atoms with Crippen LogP contribution in [0, 0.1) is 12.8 Å². The topological polar surface area (TPSA) is 29.3 Å². The van der Waals surface area contributed by atoms with Gasteiger partial charge in [-0.2, -0.15) is 0 Å². The third kappa shape index (κ3) is 3.56. The zero-order valence-corrected chi connectivity index (χ0v) is 12.9. The molecule has 1 fully saturated rings. The van der Waals surface area contributed by atoms with Gasteiger partial charge in [0.25, 0.3) is 0 Å². The third-order valence-corrected chi connectivity index (χ3v) is 4.80. The van der Waals surface area contributed by atoms with Gasteiger partial charge < -0.3 is 5.73 Å². The van der Waals surface area contributed by atoms with Gasteiger partial charge in [-0.05, 0) is 56.3 Å². The second kappa shape index (κ2) is 6.18. The molecule has 1 aliphatic rings. The summed E-state index contributed by atoms with van der Waals surface area (Å²) in [6, 6.07) is 6.96. The Morgan fingerprint density at radius 3 is 2.94 bits per heavy atom. The van der Waals surface area contributed by atoms with E-state index in [1.165, 1.54) is 35.0 Å². The van der Waals surface area contributed by atoms with Gasteiger partial charge in [-0.1, -0.05) is 28.1 Å². The molecule has 0 spiro atoms. The minimum Gasteiger partial charge on any atom is -0.328 e. The zero-order valence-electron chi connectivity index (χ0n) is 11.3. The predicted octanol–water partition coefficient (Wildman–Crippen LogP) is 3.32. The van der Waals surface area contributed by atoms with Crippen molar-refractivity contribution < 1.29 is 0 Å². The second-order valence-corrected chi connectivity index (χ2v) is 6.43. The molecule has 0 saturated carbocycles. The molecule has 2 N–H and O–H groups in total. The van der Waals surface area contributed by atoms with E-state index in [0.717, 1.165) is 13.1 Å². The van der Waals surface area contributed by atoms with Crippen LogP contribution in [-0.4, -0.2) is 24.0 Å². The highest BCUT2D eigenvalue weighted by Gasteiger charge is 2.22. The van der Waals surface area contributed by atoms with Gasteiger partial charge in [0.2, 0.25) is 0 Å². The Balaban J connectivity index is 1.98. The van der Waals surface area contributed by atoms with E-state index in [4.69, 9.17) is 5.73 Å². The number of benzene rings is 1. The fraction of sp³-hybridized carbons (Fsp3) is 0.600. The molecule has 2 rings (SSSR count). The number of rotatable bonds is 3. The molecule has 3 heteroatoms. The van der Waals surface area contributed by atoms with Crippen LogP contribution in [0.25, 0.3) is 0 Å². The van der Waals surface area contributed by atoms with Gasteiger partial charge in [0, 0.05) is 23.6 Å². The van der Waals surface area contributed by atoms with Crippen molar-refractivity contribution in [1.29, 1.82) is 0 Å². The highest BCUT2D eigenvalue weighted by atomic mass is 79.9. The number of halogens is 1. The summed E-state index contributed by atoms with van der Waals surface area (Å²) in [5, 5.41) is 0. The van der Waals surface area contributed by atoms with E-state index >= 15 is 0 Å². The summed E-state index contributed by atoms with van der Waals surface area (Å²) in [6.45, 7) is 7.69. The van der Waals surface area contributed by atoms with Crippen LogP contribution in [0.2, 0.25) is 0 Å². The maximum Gasteiger partial charge on any atom is 0.0233 e. The smallest absolute Gasteiger partial charge is 0.0233 e. The molecular weight excluding hydrogens is 288 g/mol.